The molecule has 0 aromatic heterocycles. The third-order valence-corrected chi connectivity index (χ3v) is 3.99. The predicted octanol–water partition coefficient (Wildman–Crippen LogP) is -0.537. The van der Waals surface area contributed by atoms with E-state index in [1.807, 2.05) is 6.92 Å². The molecule has 1 atom stereocenters. The molecule has 0 bridgehead atoms. The highest BCUT2D eigenvalue weighted by molar-refractivity contribution is 7.89. The van der Waals surface area contributed by atoms with E-state index in [0.29, 0.717) is 17.7 Å². The second kappa shape index (κ2) is 6.14. The van der Waals surface area contributed by atoms with Gasteiger partial charge in [0.1, 0.15) is 0 Å². The largest absolute Gasteiger partial charge is 0.399 e. The van der Waals surface area contributed by atoms with Crippen LogP contribution < -0.4 is 10.5 Å². The number of nitrogen functional groups attached to an aromatic ring is 1. The maximum Gasteiger partial charge on any atom is 0.241 e. The lowest BCUT2D eigenvalue weighted by atomic mass is 10.1. The molecule has 0 radical (unpaired) electrons. The minimum absolute atomic E-state index is 0.107. The molecule has 18 heavy (non-hydrogen) atoms. The van der Waals surface area contributed by atoms with Gasteiger partial charge < -0.3 is 15.9 Å². The predicted molar refractivity (Wildman–Crippen MR) is 68.5 cm³/mol. The van der Waals surface area contributed by atoms with E-state index < -0.39 is 22.7 Å². The monoisotopic (exact) mass is 274 g/mol. The van der Waals surface area contributed by atoms with Crippen LogP contribution in [0.1, 0.15) is 12.5 Å². The van der Waals surface area contributed by atoms with Gasteiger partial charge in [0.2, 0.25) is 10.0 Å². The van der Waals surface area contributed by atoms with E-state index in [9.17, 15) is 8.42 Å². The van der Waals surface area contributed by atoms with Crippen LogP contribution >= 0.6 is 0 Å². The van der Waals surface area contributed by atoms with Crippen LogP contribution in [0.25, 0.3) is 0 Å². The van der Waals surface area contributed by atoms with Crippen molar-refractivity contribution in [1.29, 1.82) is 0 Å². The topological polar surface area (TPSA) is 113 Å². The molecule has 0 aliphatic carbocycles. The van der Waals surface area contributed by atoms with E-state index in [1.54, 1.807) is 12.1 Å². The van der Waals surface area contributed by atoms with E-state index in [-0.39, 0.29) is 11.4 Å². The van der Waals surface area contributed by atoms with Crippen LogP contribution in [-0.2, 0) is 16.4 Å². The van der Waals surface area contributed by atoms with Gasteiger partial charge in [0.25, 0.3) is 0 Å². The summed E-state index contributed by atoms with van der Waals surface area (Å²) in [5.41, 5.74) is 6.58. The molecular weight excluding hydrogens is 256 g/mol. The van der Waals surface area contributed by atoms with Crippen molar-refractivity contribution in [2.45, 2.75) is 24.3 Å². The van der Waals surface area contributed by atoms with Crippen molar-refractivity contribution in [2.75, 3.05) is 18.9 Å². The van der Waals surface area contributed by atoms with Gasteiger partial charge in [-0.15, -0.1) is 0 Å². The van der Waals surface area contributed by atoms with E-state index in [0.717, 1.165) is 0 Å². The van der Waals surface area contributed by atoms with Gasteiger partial charge >= 0.3 is 0 Å². The van der Waals surface area contributed by atoms with Gasteiger partial charge in [0.05, 0.1) is 17.6 Å². The fourth-order valence-corrected chi connectivity index (χ4v) is 2.88. The summed E-state index contributed by atoms with van der Waals surface area (Å²) < 4.78 is 26.3. The number of nitrogens with one attached hydrogen (secondary N) is 1. The molecule has 0 fully saturated rings. The molecule has 1 aromatic carbocycles. The number of aryl methyl sites for hydroxylation is 1. The minimum atomic E-state index is -3.73. The average molecular weight is 274 g/mol. The van der Waals surface area contributed by atoms with E-state index in [4.69, 9.17) is 15.9 Å². The minimum Gasteiger partial charge on any atom is -0.399 e. The SMILES string of the molecule is CCc1ccc(N)cc1S(=O)(=O)NCC(O)CO. The summed E-state index contributed by atoms with van der Waals surface area (Å²) in [6, 6.07) is 4.68. The Bertz CT molecular complexity index is 502. The van der Waals surface area contributed by atoms with Crippen molar-refractivity contribution in [3.8, 4) is 0 Å². The lowest BCUT2D eigenvalue weighted by molar-refractivity contribution is 0.0988. The molecule has 0 spiro atoms. The van der Waals surface area contributed by atoms with Crippen LogP contribution in [0.15, 0.2) is 23.1 Å². The van der Waals surface area contributed by atoms with Gasteiger partial charge in [-0.1, -0.05) is 13.0 Å². The molecule has 1 unspecified atom stereocenters. The Morgan fingerprint density at radius 1 is 1.44 bits per heavy atom. The Kier molecular flexibility index (Phi) is 5.09. The second-order valence-corrected chi connectivity index (χ2v) is 5.64. The maximum absolute atomic E-state index is 12.0. The molecule has 0 saturated heterocycles. The average Bonchev–Trinajstić information content (AvgIpc) is 2.36. The second-order valence-electron chi connectivity index (χ2n) is 3.91. The van der Waals surface area contributed by atoms with Gasteiger partial charge in [0.15, 0.2) is 0 Å². The number of aliphatic hydroxyl groups excluding tert-OH is 2. The number of aliphatic hydroxyl groups is 2. The summed E-state index contributed by atoms with van der Waals surface area (Å²) >= 11 is 0. The number of benzene rings is 1. The Morgan fingerprint density at radius 3 is 2.67 bits per heavy atom. The molecule has 6 nitrogen and oxygen atoms in total. The summed E-state index contributed by atoms with van der Waals surface area (Å²) in [7, 11) is -3.73. The van der Waals surface area contributed by atoms with Crippen molar-refractivity contribution >= 4 is 15.7 Å². The van der Waals surface area contributed by atoms with Crippen LogP contribution in [0, 0.1) is 0 Å². The zero-order valence-electron chi connectivity index (χ0n) is 10.1. The fraction of sp³-hybridized carbons (Fsp3) is 0.455. The molecule has 0 amide bonds. The first-order valence-electron chi connectivity index (χ1n) is 5.57. The first-order chi connectivity index (χ1) is 8.40. The van der Waals surface area contributed by atoms with Gasteiger partial charge in [-0.2, -0.15) is 0 Å². The van der Waals surface area contributed by atoms with E-state index >= 15 is 0 Å². The Hall–Kier alpha value is -1.15. The third-order valence-electron chi connectivity index (χ3n) is 2.48. The van der Waals surface area contributed by atoms with Gasteiger partial charge in [-0.3, -0.25) is 0 Å². The zero-order chi connectivity index (χ0) is 13.8. The smallest absolute Gasteiger partial charge is 0.241 e. The molecule has 102 valence electrons. The van der Waals surface area contributed by atoms with Crippen LogP contribution in [-0.4, -0.2) is 37.9 Å². The lowest BCUT2D eigenvalue weighted by Crippen LogP contribution is -2.34. The molecule has 7 heteroatoms. The van der Waals surface area contributed by atoms with Crippen molar-refractivity contribution in [2.24, 2.45) is 0 Å². The van der Waals surface area contributed by atoms with Gasteiger partial charge in [-0.05, 0) is 24.1 Å². The number of sulfonamides is 1. The first-order valence-corrected chi connectivity index (χ1v) is 7.06. The number of rotatable bonds is 6. The number of anilines is 1. The van der Waals surface area contributed by atoms with Crippen LogP contribution in [0.3, 0.4) is 0 Å². The number of hydrogen-bond donors (Lipinski definition) is 4. The summed E-state index contributed by atoms with van der Waals surface area (Å²) in [6.07, 6.45) is -0.565. The quantitative estimate of drug-likeness (QED) is 0.521. The van der Waals surface area contributed by atoms with E-state index in [2.05, 4.69) is 4.72 Å². The van der Waals surface area contributed by atoms with E-state index in [1.165, 1.54) is 6.07 Å². The number of hydrogen-bond acceptors (Lipinski definition) is 5. The molecular formula is C11H18N2O4S. The van der Waals surface area contributed by atoms with Gasteiger partial charge in [-0.25, -0.2) is 13.1 Å². The van der Waals surface area contributed by atoms with Crippen molar-refractivity contribution < 1.29 is 18.6 Å². The number of nitrogens with two attached hydrogens (primary N) is 1. The summed E-state index contributed by atoms with van der Waals surface area (Å²) in [5, 5.41) is 17.8. The maximum atomic E-state index is 12.0. The first kappa shape index (κ1) is 14.9. The van der Waals surface area contributed by atoms with Crippen molar-refractivity contribution in [1.82, 2.24) is 4.72 Å². The fourth-order valence-electron chi connectivity index (χ4n) is 1.46. The van der Waals surface area contributed by atoms with Gasteiger partial charge in [0, 0.05) is 12.2 Å². The Balaban J connectivity index is 3.00. The standard InChI is InChI=1S/C11H18N2O4S/c1-2-8-3-4-9(12)5-11(8)18(16,17)13-6-10(15)7-14/h3-5,10,13-15H,2,6-7,12H2,1H3. The summed E-state index contributed by atoms with van der Waals surface area (Å²) in [6.45, 7) is 1.10. The Labute approximate surface area is 106 Å². The normalized spacial score (nSPS) is 13.5. The van der Waals surface area contributed by atoms with Crippen LogP contribution in [0.2, 0.25) is 0 Å². The highest BCUT2D eigenvalue weighted by Crippen LogP contribution is 2.19. The lowest BCUT2D eigenvalue weighted by Gasteiger charge is -2.13. The summed E-state index contributed by atoms with van der Waals surface area (Å²) in [4.78, 5) is 0.107. The van der Waals surface area contributed by atoms with Crippen molar-refractivity contribution in [3.05, 3.63) is 23.8 Å². The highest BCUT2D eigenvalue weighted by atomic mass is 32.2. The third kappa shape index (κ3) is 3.67. The molecule has 0 heterocycles. The van der Waals surface area contributed by atoms with Crippen LogP contribution in [0.5, 0.6) is 0 Å². The summed E-state index contributed by atoms with van der Waals surface area (Å²) in [5.74, 6) is 0. The molecule has 0 saturated carbocycles. The molecule has 1 rings (SSSR count). The Morgan fingerprint density at radius 2 is 2.11 bits per heavy atom. The molecule has 0 aliphatic heterocycles. The van der Waals surface area contributed by atoms with Crippen molar-refractivity contribution in [3.63, 3.8) is 0 Å². The molecule has 0 aliphatic rings. The zero-order valence-corrected chi connectivity index (χ0v) is 10.9. The molecule has 1 aromatic rings. The molecule has 5 N–H and O–H groups in total. The highest BCUT2D eigenvalue weighted by Gasteiger charge is 2.19. The van der Waals surface area contributed by atoms with Crippen LogP contribution in [0.4, 0.5) is 5.69 Å².